The molecule has 6 heteroatoms. The van der Waals surface area contributed by atoms with Gasteiger partial charge in [0.15, 0.2) is 34.9 Å². The average molecular weight is 1200 g/mol. The van der Waals surface area contributed by atoms with Crippen LogP contribution in [0.25, 0.3) is 134 Å². The third kappa shape index (κ3) is 9.04. The highest BCUT2D eigenvalue weighted by Crippen LogP contribution is 2.56. The molecule has 0 fully saturated rings. The summed E-state index contributed by atoms with van der Waals surface area (Å²) in [4.78, 5) is 31.3. The van der Waals surface area contributed by atoms with Crippen LogP contribution in [0.15, 0.2) is 255 Å². The first-order valence-electron chi connectivity index (χ1n) is 33.5. The third-order valence-electron chi connectivity index (χ3n) is 21.6. The Morgan fingerprint density at radius 3 is 0.731 bits per heavy atom. The predicted molar refractivity (Wildman–Crippen MR) is 385 cm³/mol. The molecule has 12 aromatic carbocycles. The number of aromatic nitrogens is 6. The summed E-state index contributed by atoms with van der Waals surface area (Å²) in [7, 11) is 0. The minimum absolute atomic E-state index is 0.0219. The average Bonchev–Trinajstić information content (AvgIpc) is 1.19. The van der Waals surface area contributed by atoms with Crippen LogP contribution in [-0.4, -0.2) is 29.9 Å². The Morgan fingerprint density at radius 1 is 0.204 bits per heavy atom. The van der Waals surface area contributed by atoms with Gasteiger partial charge in [-0.3, -0.25) is 0 Å². The Hall–Kier alpha value is -10.6. The van der Waals surface area contributed by atoms with Gasteiger partial charge in [-0.1, -0.05) is 278 Å². The highest BCUT2D eigenvalue weighted by Gasteiger charge is 2.43. The lowest BCUT2D eigenvalue weighted by Crippen LogP contribution is -2.23. The van der Waals surface area contributed by atoms with E-state index >= 15 is 0 Å². The van der Waals surface area contributed by atoms with E-state index in [1.807, 2.05) is 0 Å². The molecule has 0 bridgehead atoms. The molecule has 3 aliphatic carbocycles. The molecule has 0 amide bonds. The molecule has 2 heterocycles. The molecule has 0 atom stereocenters. The number of nitrogens with zero attached hydrogens (tertiary/aromatic N) is 6. The first-order chi connectivity index (χ1) is 45.7. The molecule has 0 N–H and O–H groups in total. The number of rotatable bonds is 12. The van der Waals surface area contributed by atoms with Crippen LogP contribution in [-0.2, 0) is 16.2 Å². The second kappa shape index (κ2) is 23.0. The largest absolute Gasteiger partial charge is 0.208 e. The standard InChI is InChI=1S/C47H41N3.C40H31N3/c1-5-46(6-2)39-22-13-11-19-34(39)36-26-24-31(28-41(36)46)43-48-44(50-45(49-43)38-21-15-17-30-16-9-10-18-33(30)38)32-25-27-37-35-20-12-14-23-40(35)47(7-3,8-4)42(37)29-32;1-3-40(4-2)35-22-10-9-19-31(35)32-24-23-28(25-36(32)40)37-41-38(33-20-11-15-26-13-5-7-17-29(26)33)43-39(42-37)34-21-12-16-27-14-6-8-18-30(27)34/h9-29H,5-8H2,1-4H3;5-25H,3-4H2,1-2H3. The Labute approximate surface area is 545 Å². The van der Waals surface area contributed by atoms with Gasteiger partial charge in [-0.15, -0.1) is 0 Å². The number of hydrogen-bond donors (Lipinski definition) is 0. The molecule has 17 rings (SSSR count). The van der Waals surface area contributed by atoms with E-state index in [0.29, 0.717) is 34.9 Å². The van der Waals surface area contributed by atoms with Crippen molar-refractivity contribution in [2.75, 3.05) is 0 Å². The van der Waals surface area contributed by atoms with E-state index in [0.717, 1.165) is 88.1 Å². The van der Waals surface area contributed by atoms with Crippen LogP contribution in [0.2, 0.25) is 0 Å². The number of hydrogen-bond acceptors (Lipinski definition) is 6. The molecule has 0 saturated carbocycles. The summed E-state index contributed by atoms with van der Waals surface area (Å²) < 4.78 is 0. The summed E-state index contributed by atoms with van der Waals surface area (Å²) >= 11 is 0. The first kappa shape index (κ1) is 57.6. The van der Waals surface area contributed by atoms with Gasteiger partial charge in [-0.2, -0.15) is 0 Å². The van der Waals surface area contributed by atoms with Crippen molar-refractivity contribution in [3.05, 3.63) is 288 Å². The zero-order chi connectivity index (χ0) is 63.0. The van der Waals surface area contributed by atoms with Gasteiger partial charge in [0, 0.05) is 49.6 Å². The summed E-state index contributed by atoms with van der Waals surface area (Å²) in [5, 5.41) is 6.90. The van der Waals surface area contributed by atoms with Gasteiger partial charge in [0.1, 0.15) is 0 Å². The first-order valence-corrected chi connectivity index (χ1v) is 33.5. The molecule has 6 nitrogen and oxygen atoms in total. The SMILES string of the molecule is CCC1(CC)c2ccccc2-c2ccc(-c3nc(-c4ccc5c(c4)C(CC)(CC)c4ccccc4-5)nc(-c4cccc5ccccc45)n3)cc21.CCC1(CC)c2ccccc2-c2ccc(-c3nc(-c4cccc5ccccc45)nc(-c4cccc5ccccc45)n3)cc21. The molecule has 3 aliphatic rings. The molecule has 2 aromatic heterocycles. The topological polar surface area (TPSA) is 77.3 Å². The third-order valence-corrected chi connectivity index (χ3v) is 21.6. The highest BCUT2D eigenvalue weighted by atomic mass is 15.0. The Bertz CT molecular complexity index is 5040. The monoisotopic (exact) mass is 1200 g/mol. The van der Waals surface area contributed by atoms with Crippen molar-refractivity contribution in [2.24, 2.45) is 0 Å². The van der Waals surface area contributed by atoms with E-state index in [-0.39, 0.29) is 16.2 Å². The molecule has 93 heavy (non-hydrogen) atoms. The summed E-state index contributed by atoms with van der Waals surface area (Å²) in [6, 6.07) is 91.8. The van der Waals surface area contributed by atoms with Crippen LogP contribution in [0.4, 0.5) is 0 Å². The van der Waals surface area contributed by atoms with Gasteiger partial charge in [0.05, 0.1) is 0 Å². The second-order valence-corrected chi connectivity index (χ2v) is 25.5. The van der Waals surface area contributed by atoms with Gasteiger partial charge in [-0.25, -0.2) is 29.9 Å². The molecular weight excluding hydrogens is 1130 g/mol. The minimum Gasteiger partial charge on any atom is -0.208 e. The fourth-order valence-electron chi connectivity index (χ4n) is 16.6. The minimum atomic E-state index is -0.0329. The van der Waals surface area contributed by atoms with Crippen LogP contribution in [0, 0.1) is 0 Å². The Kier molecular flexibility index (Phi) is 14.2. The molecule has 0 saturated heterocycles. The molecule has 0 spiro atoms. The van der Waals surface area contributed by atoms with E-state index in [1.54, 1.807) is 0 Å². The molecule has 0 radical (unpaired) electrons. The smallest absolute Gasteiger partial charge is 0.164 e. The Morgan fingerprint density at radius 2 is 0.430 bits per heavy atom. The second-order valence-electron chi connectivity index (χ2n) is 25.5. The van der Waals surface area contributed by atoms with E-state index in [9.17, 15) is 0 Å². The van der Waals surface area contributed by atoms with Crippen molar-refractivity contribution in [3.63, 3.8) is 0 Å². The van der Waals surface area contributed by atoms with Gasteiger partial charge in [-0.05, 0) is 156 Å². The van der Waals surface area contributed by atoms with Crippen molar-refractivity contribution < 1.29 is 0 Å². The van der Waals surface area contributed by atoms with E-state index in [2.05, 4.69) is 296 Å². The van der Waals surface area contributed by atoms with Crippen molar-refractivity contribution in [1.82, 2.24) is 29.9 Å². The van der Waals surface area contributed by atoms with Crippen molar-refractivity contribution in [3.8, 4) is 102 Å². The Balaban J connectivity index is 0.000000149. The molecule has 14 aromatic rings. The number of benzene rings is 12. The summed E-state index contributed by atoms with van der Waals surface area (Å²) in [6.45, 7) is 13.9. The van der Waals surface area contributed by atoms with Crippen LogP contribution >= 0.6 is 0 Å². The summed E-state index contributed by atoms with van der Waals surface area (Å²) in [6.07, 6.45) is 6.22. The maximum atomic E-state index is 5.31. The molecular formula is C87H72N6. The lowest BCUT2D eigenvalue weighted by Gasteiger charge is -2.30. The van der Waals surface area contributed by atoms with Crippen molar-refractivity contribution >= 4 is 32.3 Å². The van der Waals surface area contributed by atoms with Crippen LogP contribution < -0.4 is 0 Å². The summed E-state index contributed by atoms with van der Waals surface area (Å²) in [5.41, 5.74) is 22.4. The van der Waals surface area contributed by atoms with E-state index in [1.165, 1.54) is 82.9 Å². The molecule has 450 valence electrons. The molecule has 0 aliphatic heterocycles. The van der Waals surface area contributed by atoms with Gasteiger partial charge in [0.2, 0.25) is 0 Å². The predicted octanol–water partition coefficient (Wildman–Crippen LogP) is 22.5. The molecule has 0 unspecified atom stereocenters. The van der Waals surface area contributed by atoms with Gasteiger partial charge < -0.3 is 0 Å². The highest BCUT2D eigenvalue weighted by molar-refractivity contribution is 5.99. The summed E-state index contributed by atoms with van der Waals surface area (Å²) in [5.74, 6) is 4.18. The van der Waals surface area contributed by atoms with Crippen LogP contribution in [0.3, 0.4) is 0 Å². The zero-order valence-electron chi connectivity index (χ0n) is 53.7. The van der Waals surface area contributed by atoms with Gasteiger partial charge in [0.25, 0.3) is 0 Å². The lowest BCUT2D eigenvalue weighted by atomic mass is 9.73. The van der Waals surface area contributed by atoms with Crippen molar-refractivity contribution in [2.45, 2.75) is 96.3 Å². The fraction of sp³-hybridized carbons (Fsp3) is 0.172. The zero-order valence-corrected chi connectivity index (χ0v) is 53.7. The van der Waals surface area contributed by atoms with E-state index < -0.39 is 0 Å². The van der Waals surface area contributed by atoms with Gasteiger partial charge >= 0.3 is 0 Å². The quantitative estimate of drug-likeness (QED) is 0.121. The lowest BCUT2D eigenvalue weighted by molar-refractivity contribution is 0.490. The number of fused-ring (bicyclic) bond motifs is 12. The maximum absolute atomic E-state index is 5.31. The fourth-order valence-corrected chi connectivity index (χ4v) is 16.6. The van der Waals surface area contributed by atoms with E-state index in [4.69, 9.17) is 29.9 Å². The van der Waals surface area contributed by atoms with Crippen molar-refractivity contribution in [1.29, 1.82) is 0 Å². The normalized spacial score (nSPS) is 14.0. The van der Waals surface area contributed by atoms with Crippen LogP contribution in [0.1, 0.15) is 113 Å². The maximum Gasteiger partial charge on any atom is 0.164 e. The van der Waals surface area contributed by atoms with Crippen LogP contribution in [0.5, 0.6) is 0 Å².